The Morgan fingerprint density at radius 2 is 2.00 bits per heavy atom. The first kappa shape index (κ1) is 22.3. The molecule has 0 aliphatic carbocycles. The van der Waals surface area contributed by atoms with Crippen molar-refractivity contribution in [2.75, 3.05) is 29.9 Å². The number of carbonyl (C=O) groups excluding carboxylic acids is 2. The summed E-state index contributed by atoms with van der Waals surface area (Å²) >= 11 is 0. The number of carbonyl (C=O) groups is 2. The number of nitrogens with one attached hydrogen (secondary N) is 1. The lowest BCUT2D eigenvalue weighted by Gasteiger charge is -2.20. The number of esters is 1. The molecular formula is C20H20F3N3O5. The molecule has 1 aliphatic heterocycles. The second-order valence-corrected chi connectivity index (χ2v) is 6.73. The topological polar surface area (TPSA) is 101 Å². The van der Waals surface area contributed by atoms with E-state index in [2.05, 4.69) is 15.0 Å². The maximum absolute atomic E-state index is 12.6. The molecule has 1 aliphatic rings. The van der Waals surface area contributed by atoms with E-state index in [1.165, 1.54) is 24.4 Å². The lowest BCUT2D eigenvalue weighted by Crippen LogP contribution is -2.26. The van der Waals surface area contributed by atoms with E-state index >= 15 is 0 Å². The van der Waals surface area contributed by atoms with Gasteiger partial charge in [0.05, 0.1) is 18.3 Å². The van der Waals surface area contributed by atoms with E-state index in [-0.39, 0.29) is 23.4 Å². The number of halogens is 3. The van der Waals surface area contributed by atoms with Crippen molar-refractivity contribution in [1.82, 2.24) is 4.98 Å². The Morgan fingerprint density at radius 1 is 1.29 bits per heavy atom. The van der Waals surface area contributed by atoms with Gasteiger partial charge in [-0.25, -0.2) is 9.78 Å². The van der Waals surface area contributed by atoms with E-state index in [0.29, 0.717) is 25.3 Å². The Morgan fingerprint density at radius 3 is 2.58 bits per heavy atom. The fraction of sp³-hybridized carbons (Fsp3) is 0.350. The van der Waals surface area contributed by atoms with Crippen molar-refractivity contribution >= 4 is 23.4 Å². The normalized spacial score (nSPS) is 16.2. The minimum Gasteiger partial charge on any atom is -0.462 e. The summed E-state index contributed by atoms with van der Waals surface area (Å²) in [5, 5.41) is 12.3. The van der Waals surface area contributed by atoms with Crippen LogP contribution in [0.5, 0.6) is 5.75 Å². The molecule has 2 heterocycles. The number of aromatic nitrogens is 1. The van der Waals surface area contributed by atoms with Crippen molar-refractivity contribution in [3.63, 3.8) is 0 Å². The SMILES string of the molecule is CCOC(=O)c1cc(C(=O)Nc2ccc(OC(F)(F)F)cc2)cnc1N1CC[C@@H](O)C1. The zero-order valence-corrected chi connectivity index (χ0v) is 16.5. The van der Waals surface area contributed by atoms with Crippen LogP contribution in [0.3, 0.4) is 0 Å². The molecule has 3 rings (SSSR count). The Kier molecular flexibility index (Phi) is 6.64. The number of rotatable bonds is 6. The fourth-order valence-corrected chi connectivity index (χ4v) is 3.07. The van der Waals surface area contributed by atoms with Crippen molar-refractivity contribution in [3.05, 3.63) is 47.7 Å². The van der Waals surface area contributed by atoms with Gasteiger partial charge in [0, 0.05) is 25.0 Å². The van der Waals surface area contributed by atoms with Crippen LogP contribution in [0, 0.1) is 0 Å². The molecule has 166 valence electrons. The number of benzene rings is 1. The summed E-state index contributed by atoms with van der Waals surface area (Å²) in [5.41, 5.74) is 0.364. The molecule has 31 heavy (non-hydrogen) atoms. The molecule has 1 amide bonds. The van der Waals surface area contributed by atoms with Crippen molar-refractivity contribution in [1.29, 1.82) is 0 Å². The highest BCUT2D eigenvalue weighted by Crippen LogP contribution is 2.26. The van der Waals surface area contributed by atoms with Gasteiger partial charge in [-0.15, -0.1) is 13.2 Å². The van der Waals surface area contributed by atoms with Gasteiger partial charge in [0.1, 0.15) is 17.1 Å². The second kappa shape index (κ2) is 9.21. The minimum absolute atomic E-state index is 0.0576. The monoisotopic (exact) mass is 439 g/mol. The van der Waals surface area contributed by atoms with Crippen molar-refractivity contribution in [3.8, 4) is 5.75 Å². The quantitative estimate of drug-likeness (QED) is 0.668. The largest absolute Gasteiger partial charge is 0.573 e. The van der Waals surface area contributed by atoms with Crippen LogP contribution in [-0.4, -0.2) is 54.1 Å². The molecule has 1 aromatic carbocycles. The number of ether oxygens (including phenoxy) is 2. The molecule has 11 heteroatoms. The molecule has 0 spiro atoms. The molecule has 1 aromatic heterocycles. The van der Waals surface area contributed by atoms with Crippen LogP contribution in [-0.2, 0) is 4.74 Å². The number of hydrogen-bond acceptors (Lipinski definition) is 7. The van der Waals surface area contributed by atoms with Gasteiger partial charge in [0.2, 0.25) is 0 Å². The van der Waals surface area contributed by atoms with E-state index in [0.717, 1.165) is 12.1 Å². The summed E-state index contributed by atoms with van der Waals surface area (Å²) in [4.78, 5) is 30.9. The van der Waals surface area contributed by atoms with Crippen molar-refractivity contribution < 1.29 is 37.3 Å². The van der Waals surface area contributed by atoms with E-state index in [1.54, 1.807) is 11.8 Å². The number of aliphatic hydroxyl groups is 1. The van der Waals surface area contributed by atoms with Crippen molar-refractivity contribution in [2.45, 2.75) is 25.8 Å². The van der Waals surface area contributed by atoms with E-state index in [1.807, 2.05) is 0 Å². The molecule has 0 bridgehead atoms. The van der Waals surface area contributed by atoms with Crippen LogP contribution in [0.25, 0.3) is 0 Å². The molecule has 0 unspecified atom stereocenters. The van der Waals surface area contributed by atoms with Crippen LogP contribution in [0.2, 0.25) is 0 Å². The highest BCUT2D eigenvalue weighted by molar-refractivity contribution is 6.06. The van der Waals surface area contributed by atoms with Crippen LogP contribution in [0.15, 0.2) is 36.5 Å². The Balaban J connectivity index is 1.79. The summed E-state index contributed by atoms with van der Waals surface area (Å²) in [5.74, 6) is -1.39. The zero-order chi connectivity index (χ0) is 22.6. The van der Waals surface area contributed by atoms with E-state index < -0.39 is 30.1 Å². The van der Waals surface area contributed by atoms with E-state index in [4.69, 9.17) is 4.74 Å². The molecule has 1 atom stereocenters. The van der Waals surface area contributed by atoms with Crippen LogP contribution in [0.4, 0.5) is 24.7 Å². The lowest BCUT2D eigenvalue weighted by atomic mass is 10.1. The highest BCUT2D eigenvalue weighted by Gasteiger charge is 2.31. The first-order valence-electron chi connectivity index (χ1n) is 9.43. The van der Waals surface area contributed by atoms with E-state index in [9.17, 15) is 27.9 Å². The second-order valence-electron chi connectivity index (χ2n) is 6.73. The number of pyridine rings is 1. The number of hydrogen-bond donors (Lipinski definition) is 2. The third-order valence-electron chi connectivity index (χ3n) is 4.43. The lowest BCUT2D eigenvalue weighted by molar-refractivity contribution is -0.274. The first-order valence-corrected chi connectivity index (χ1v) is 9.43. The number of nitrogens with zero attached hydrogens (tertiary/aromatic N) is 2. The average Bonchev–Trinajstić information content (AvgIpc) is 3.14. The molecule has 1 saturated heterocycles. The summed E-state index contributed by atoms with van der Waals surface area (Å²) in [6.07, 6.45) is -3.55. The molecule has 8 nitrogen and oxygen atoms in total. The predicted octanol–water partition coefficient (Wildman–Crippen LogP) is 2.98. The standard InChI is InChI=1S/C20H20F3N3O5/c1-2-30-19(29)16-9-12(10-24-17(16)26-8-7-14(27)11-26)18(28)25-13-3-5-15(6-4-13)31-20(21,22)23/h3-6,9-10,14,27H,2,7-8,11H2,1H3,(H,25,28)/t14-/m1/s1. The fourth-order valence-electron chi connectivity index (χ4n) is 3.07. The molecular weight excluding hydrogens is 419 g/mol. The molecule has 2 N–H and O–H groups in total. The van der Waals surface area contributed by atoms with Crippen LogP contribution in [0.1, 0.15) is 34.1 Å². The molecule has 0 saturated carbocycles. The third-order valence-corrected chi connectivity index (χ3v) is 4.43. The smallest absolute Gasteiger partial charge is 0.462 e. The van der Waals surface area contributed by atoms with Gasteiger partial charge in [-0.1, -0.05) is 0 Å². The Labute approximate surface area is 175 Å². The van der Waals surface area contributed by atoms with Crippen LogP contribution < -0.4 is 15.0 Å². The van der Waals surface area contributed by atoms with Gasteiger partial charge < -0.3 is 24.8 Å². The van der Waals surface area contributed by atoms with Gasteiger partial charge >= 0.3 is 12.3 Å². The summed E-state index contributed by atoms with van der Waals surface area (Å²) in [7, 11) is 0. The Bertz CT molecular complexity index is 950. The third kappa shape index (κ3) is 5.85. The van der Waals surface area contributed by atoms with Gasteiger partial charge in [-0.3, -0.25) is 4.79 Å². The molecule has 1 fully saturated rings. The number of anilines is 2. The van der Waals surface area contributed by atoms with Gasteiger partial charge in [-0.2, -0.15) is 0 Å². The molecule has 2 aromatic rings. The van der Waals surface area contributed by atoms with Crippen molar-refractivity contribution in [2.24, 2.45) is 0 Å². The number of alkyl halides is 3. The zero-order valence-electron chi connectivity index (χ0n) is 16.5. The number of β-amino-alcohol motifs (C(OH)–C–C–N with tert-alkyl or cyclic N) is 1. The average molecular weight is 439 g/mol. The van der Waals surface area contributed by atoms with Crippen LogP contribution >= 0.6 is 0 Å². The number of aliphatic hydroxyl groups excluding tert-OH is 1. The highest BCUT2D eigenvalue weighted by atomic mass is 19.4. The summed E-state index contributed by atoms with van der Waals surface area (Å²) in [6, 6.07) is 5.96. The number of amides is 1. The first-order chi connectivity index (χ1) is 14.7. The minimum atomic E-state index is -4.81. The predicted molar refractivity (Wildman–Crippen MR) is 104 cm³/mol. The van der Waals surface area contributed by atoms with Gasteiger partial charge in [-0.05, 0) is 43.7 Å². The summed E-state index contributed by atoms with van der Waals surface area (Å²) < 4.78 is 45.6. The Hall–Kier alpha value is -3.34. The summed E-state index contributed by atoms with van der Waals surface area (Å²) in [6.45, 7) is 2.58. The maximum Gasteiger partial charge on any atom is 0.573 e. The maximum atomic E-state index is 12.6. The van der Waals surface area contributed by atoms with Gasteiger partial charge in [0.15, 0.2) is 0 Å². The molecule has 0 radical (unpaired) electrons. The van der Waals surface area contributed by atoms with Gasteiger partial charge in [0.25, 0.3) is 5.91 Å².